The lowest BCUT2D eigenvalue weighted by molar-refractivity contribution is 0.0798. The monoisotopic (exact) mass is 305 g/mol. The van der Waals surface area contributed by atoms with E-state index in [2.05, 4.69) is 40.0 Å². The summed E-state index contributed by atoms with van der Waals surface area (Å²) in [5, 5.41) is 12.3. The van der Waals surface area contributed by atoms with Crippen molar-refractivity contribution < 1.29 is 4.74 Å². The van der Waals surface area contributed by atoms with E-state index >= 15 is 0 Å². The molecule has 0 fully saturated rings. The van der Waals surface area contributed by atoms with Crippen molar-refractivity contribution in [2.45, 2.75) is 32.4 Å². The number of nitrogens with zero attached hydrogens (tertiary/aromatic N) is 6. The van der Waals surface area contributed by atoms with E-state index in [9.17, 15) is 0 Å². The van der Waals surface area contributed by atoms with Crippen LogP contribution in [0.4, 0.5) is 5.69 Å². The lowest BCUT2D eigenvalue weighted by atomic mass is 10.4. The Labute approximate surface area is 122 Å². The highest BCUT2D eigenvalue weighted by molar-refractivity contribution is 6.76. The molecule has 0 aliphatic heterocycles. The summed E-state index contributed by atoms with van der Waals surface area (Å²) < 4.78 is 8.93. The van der Waals surface area contributed by atoms with Crippen LogP contribution in [0.15, 0.2) is 12.5 Å². The molecular weight excluding hydrogens is 286 g/mol. The first-order valence-corrected chi connectivity index (χ1v) is 10.6. The van der Waals surface area contributed by atoms with Crippen LogP contribution in [-0.4, -0.2) is 44.3 Å². The van der Waals surface area contributed by atoms with Crippen LogP contribution < -0.4 is 5.73 Å². The Balaban J connectivity index is 1.81. The Morgan fingerprint density at radius 1 is 1.33 bits per heavy atom. The van der Waals surface area contributed by atoms with Gasteiger partial charge in [-0.1, -0.05) is 24.9 Å². The van der Waals surface area contributed by atoms with Crippen molar-refractivity contribution in [1.82, 2.24) is 29.6 Å². The number of ether oxygens (including phenoxy) is 1. The lowest BCUT2D eigenvalue weighted by Crippen LogP contribution is -2.22. The zero-order valence-corrected chi connectivity index (χ0v) is 13.4. The third-order valence-corrected chi connectivity index (χ3v) is 4.96. The Kier molecular flexibility index (Phi) is 3.37. The van der Waals surface area contributed by atoms with Crippen LogP contribution >= 0.6 is 0 Å². The average molecular weight is 305 g/mol. The van der Waals surface area contributed by atoms with E-state index < -0.39 is 8.07 Å². The van der Waals surface area contributed by atoms with Crippen LogP contribution in [0.3, 0.4) is 0 Å². The van der Waals surface area contributed by atoms with Gasteiger partial charge < -0.3 is 10.5 Å². The fourth-order valence-corrected chi connectivity index (χ4v) is 2.78. The van der Waals surface area contributed by atoms with Gasteiger partial charge in [-0.15, -0.1) is 5.10 Å². The molecule has 0 atom stereocenters. The Morgan fingerprint density at radius 3 is 2.90 bits per heavy atom. The van der Waals surface area contributed by atoms with E-state index in [1.807, 2.05) is 0 Å². The first-order chi connectivity index (χ1) is 9.96. The highest BCUT2D eigenvalue weighted by atomic mass is 28.3. The van der Waals surface area contributed by atoms with Crippen molar-refractivity contribution in [1.29, 1.82) is 0 Å². The van der Waals surface area contributed by atoms with E-state index in [0.29, 0.717) is 23.6 Å². The average Bonchev–Trinajstić information content (AvgIpc) is 2.98. The summed E-state index contributed by atoms with van der Waals surface area (Å²) in [6, 6.07) is 1.12. The van der Waals surface area contributed by atoms with Crippen molar-refractivity contribution >= 4 is 30.4 Å². The molecule has 2 N–H and O–H groups in total. The van der Waals surface area contributed by atoms with E-state index in [-0.39, 0.29) is 0 Å². The molecule has 0 saturated carbocycles. The molecule has 0 saturated heterocycles. The second kappa shape index (κ2) is 5.08. The van der Waals surface area contributed by atoms with Gasteiger partial charge in [-0.05, 0) is 6.04 Å². The number of rotatable bonds is 5. The van der Waals surface area contributed by atoms with Gasteiger partial charge in [0.1, 0.15) is 18.6 Å². The summed E-state index contributed by atoms with van der Waals surface area (Å²) in [5.41, 5.74) is 8.50. The predicted octanol–water partition coefficient (Wildman–Crippen LogP) is 1.37. The number of hydrogen-bond acceptors (Lipinski definition) is 6. The van der Waals surface area contributed by atoms with Gasteiger partial charge in [0.2, 0.25) is 0 Å². The zero-order valence-electron chi connectivity index (χ0n) is 12.4. The van der Waals surface area contributed by atoms with Crippen LogP contribution in [0.5, 0.6) is 0 Å². The molecule has 3 aromatic heterocycles. The minimum absolute atomic E-state index is 0.345. The van der Waals surface area contributed by atoms with Crippen LogP contribution in [0.1, 0.15) is 0 Å². The maximum Gasteiger partial charge on any atom is 0.184 e. The molecule has 9 heteroatoms. The second-order valence-electron chi connectivity index (χ2n) is 6.25. The number of nitrogens with two attached hydrogens (primary N) is 1. The Morgan fingerprint density at radius 2 is 2.14 bits per heavy atom. The van der Waals surface area contributed by atoms with Crippen LogP contribution in [0, 0.1) is 0 Å². The molecule has 0 aliphatic rings. The molecule has 0 bridgehead atoms. The van der Waals surface area contributed by atoms with Crippen molar-refractivity contribution in [3.63, 3.8) is 0 Å². The first kappa shape index (κ1) is 14.0. The van der Waals surface area contributed by atoms with Gasteiger partial charge in [-0.25, -0.2) is 14.2 Å². The Bertz CT molecular complexity index is 773. The summed E-state index contributed by atoms with van der Waals surface area (Å²) >= 11 is 0. The second-order valence-corrected chi connectivity index (χ2v) is 11.9. The van der Waals surface area contributed by atoms with Crippen LogP contribution in [0.2, 0.25) is 25.7 Å². The molecule has 3 aromatic rings. The highest BCUT2D eigenvalue weighted by Gasteiger charge is 2.15. The highest BCUT2D eigenvalue weighted by Crippen LogP contribution is 2.20. The molecule has 3 heterocycles. The number of aromatic nitrogens is 6. The number of hydrogen-bond donors (Lipinski definition) is 1. The lowest BCUT2D eigenvalue weighted by Gasteiger charge is -2.15. The van der Waals surface area contributed by atoms with E-state index in [1.54, 1.807) is 21.7 Å². The molecule has 0 aliphatic carbocycles. The summed E-state index contributed by atoms with van der Waals surface area (Å²) in [6.07, 6.45) is 3.19. The van der Waals surface area contributed by atoms with Gasteiger partial charge in [-0.3, -0.25) is 0 Å². The van der Waals surface area contributed by atoms with E-state index in [0.717, 1.165) is 18.2 Å². The first-order valence-electron chi connectivity index (χ1n) is 6.84. The van der Waals surface area contributed by atoms with E-state index in [1.165, 1.54) is 0 Å². The zero-order chi connectivity index (χ0) is 15.0. The van der Waals surface area contributed by atoms with Crippen LogP contribution in [-0.2, 0) is 11.5 Å². The molecular formula is C12H19N7OSi. The molecule has 0 aromatic carbocycles. The molecule has 21 heavy (non-hydrogen) atoms. The maximum absolute atomic E-state index is 5.91. The van der Waals surface area contributed by atoms with Crippen molar-refractivity contribution in [3.05, 3.63) is 12.5 Å². The molecule has 112 valence electrons. The van der Waals surface area contributed by atoms with Gasteiger partial charge in [0, 0.05) is 14.7 Å². The predicted molar refractivity (Wildman–Crippen MR) is 82.6 cm³/mol. The largest absolute Gasteiger partial charge is 0.396 e. The SMILES string of the molecule is C[Si](C)(C)CCOCn1nnc2c1ncn1ncc(N)c21. The minimum atomic E-state index is -1.08. The third-order valence-electron chi connectivity index (χ3n) is 3.26. The Hall–Kier alpha value is -2.00. The molecule has 0 radical (unpaired) electrons. The third kappa shape index (κ3) is 2.74. The molecule has 8 nitrogen and oxygen atoms in total. The maximum atomic E-state index is 5.91. The number of anilines is 1. The van der Waals surface area contributed by atoms with Gasteiger partial charge >= 0.3 is 0 Å². The quantitative estimate of drug-likeness (QED) is 0.565. The van der Waals surface area contributed by atoms with Crippen molar-refractivity contribution in [2.75, 3.05) is 12.3 Å². The summed E-state index contributed by atoms with van der Waals surface area (Å²) in [4.78, 5) is 4.32. The molecule has 0 unspecified atom stereocenters. The standard InChI is InChI=1S/C12H19N7OSi/c1-21(2,3)5-4-20-8-19-12-10(16-17-19)11-9(13)6-15-18(11)7-14-12/h6-7H,4-5,8,13H2,1-3H3. The fourth-order valence-electron chi connectivity index (χ4n) is 2.02. The van der Waals surface area contributed by atoms with E-state index in [4.69, 9.17) is 10.5 Å². The summed E-state index contributed by atoms with van der Waals surface area (Å²) in [7, 11) is -1.08. The van der Waals surface area contributed by atoms with Crippen molar-refractivity contribution in [3.8, 4) is 0 Å². The van der Waals surface area contributed by atoms with Crippen molar-refractivity contribution in [2.24, 2.45) is 0 Å². The fraction of sp³-hybridized carbons (Fsp3) is 0.500. The molecule has 3 rings (SSSR count). The van der Waals surface area contributed by atoms with Gasteiger partial charge in [0.25, 0.3) is 0 Å². The number of nitrogen functional groups attached to an aromatic ring is 1. The summed E-state index contributed by atoms with van der Waals surface area (Å²) in [5.74, 6) is 0. The number of fused-ring (bicyclic) bond motifs is 3. The normalized spacial score (nSPS) is 12.5. The van der Waals surface area contributed by atoms with Gasteiger partial charge in [0.15, 0.2) is 11.2 Å². The van der Waals surface area contributed by atoms with Gasteiger partial charge in [0.05, 0.1) is 11.9 Å². The molecule has 0 amide bonds. The topological polar surface area (TPSA) is 96.1 Å². The summed E-state index contributed by atoms with van der Waals surface area (Å²) in [6.45, 7) is 8.04. The van der Waals surface area contributed by atoms with Crippen LogP contribution in [0.25, 0.3) is 16.7 Å². The smallest absolute Gasteiger partial charge is 0.184 e. The van der Waals surface area contributed by atoms with Gasteiger partial charge in [-0.2, -0.15) is 5.10 Å². The minimum Gasteiger partial charge on any atom is -0.396 e. The molecule has 0 spiro atoms.